The van der Waals surface area contributed by atoms with Crippen molar-refractivity contribution in [3.05, 3.63) is 72.4 Å². The summed E-state index contributed by atoms with van der Waals surface area (Å²) in [6.45, 7) is 11.5. The molecule has 0 saturated heterocycles. The highest BCUT2D eigenvalue weighted by atomic mass is 16.3. The molecule has 0 bridgehead atoms. The average Bonchev–Trinajstić information content (AvgIpc) is 2.31. The van der Waals surface area contributed by atoms with Gasteiger partial charge in [-0.2, -0.15) is 0 Å². The summed E-state index contributed by atoms with van der Waals surface area (Å²) in [6, 6.07) is 0. The van der Waals surface area contributed by atoms with Gasteiger partial charge in [0, 0.05) is 0 Å². The van der Waals surface area contributed by atoms with E-state index in [2.05, 4.69) is 13.2 Å². The van der Waals surface area contributed by atoms with Crippen LogP contribution in [-0.4, -0.2) is 11.7 Å². The van der Waals surface area contributed by atoms with Crippen molar-refractivity contribution in [3.8, 4) is 0 Å². The molecule has 1 nitrogen and oxygen atoms in total. The molecule has 86 valence electrons. The average molecular weight is 216 g/mol. The Balaban J connectivity index is 4.68. The van der Waals surface area contributed by atoms with Crippen LogP contribution >= 0.6 is 0 Å². The molecule has 16 heavy (non-hydrogen) atoms. The van der Waals surface area contributed by atoms with Crippen LogP contribution in [0.5, 0.6) is 0 Å². The smallest absolute Gasteiger partial charge is 0.0678 e. The van der Waals surface area contributed by atoms with Crippen LogP contribution in [0, 0.1) is 0 Å². The Labute approximate surface area is 98.5 Å². The van der Waals surface area contributed by atoms with E-state index in [1.54, 1.807) is 6.08 Å². The topological polar surface area (TPSA) is 20.2 Å². The fourth-order valence-electron chi connectivity index (χ4n) is 1.10. The Morgan fingerprint density at radius 2 is 1.81 bits per heavy atom. The predicted octanol–water partition coefficient (Wildman–Crippen LogP) is 3.73. The van der Waals surface area contributed by atoms with E-state index < -0.39 is 0 Å². The zero-order chi connectivity index (χ0) is 12.4. The Kier molecular flexibility index (Phi) is 7.82. The summed E-state index contributed by atoms with van der Waals surface area (Å²) in [5, 5.41) is 8.99. The molecule has 0 fully saturated rings. The lowest BCUT2D eigenvalue weighted by atomic mass is 10.1. The number of aliphatic hydroxyl groups is 1. The summed E-state index contributed by atoms with van der Waals surface area (Å²) in [6.07, 6.45) is 13.2. The van der Waals surface area contributed by atoms with E-state index in [1.807, 2.05) is 50.3 Å². The van der Waals surface area contributed by atoms with Gasteiger partial charge in [0.15, 0.2) is 0 Å². The van der Waals surface area contributed by atoms with Gasteiger partial charge in [0.05, 0.1) is 6.61 Å². The minimum absolute atomic E-state index is 0.0496. The maximum Gasteiger partial charge on any atom is 0.0678 e. The highest BCUT2D eigenvalue weighted by Gasteiger charge is 1.93. The first kappa shape index (κ1) is 14.4. The minimum Gasteiger partial charge on any atom is -0.392 e. The molecule has 0 aromatic heterocycles. The lowest BCUT2D eigenvalue weighted by molar-refractivity contribution is 0.335. The quantitative estimate of drug-likeness (QED) is 0.671. The van der Waals surface area contributed by atoms with Gasteiger partial charge < -0.3 is 5.11 Å². The number of hydrogen-bond donors (Lipinski definition) is 1. The molecular formula is C15H20O. The second kappa shape index (κ2) is 8.69. The van der Waals surface area contributed by atoms with E-state index in [1.165, 1.54) is 0 Å². The van der Waals surface area contributed by atoms with Crippen LogP contribution in [-0.2, 0) is 0 Å². The first-order chi connectivity index (χ1) is 7.69. The molecule has 0 spiro atoms. The molecule has 0 aliphatic carbocycles. The van der Waals surface area contributed by atoms with Crippen molar-refractivity contribution in [3.63, 3.8) is 0 Å². The van der Waals surface area contributed by atoms with Crippen molar-refractivity contribution >= 4 is 0 Å². The van der Waals surface area contributed by atoms with E-state index in [-0.39, 0.29) is 6.61 Å². The molecular weight excluding hydrogens is 196 g/mol. The Hall–Kier alpha value is -1.60. The van der Waals surface area contributed by atoms with Crippen LogP contribution in [0.2, 0.25) is 0 Å². The number of aliphatic hydroxyl groups excluding tert-OH is 1. The van der Waals surface area contributed by atoms with Gasteiger partial charge in [-0.1, -0.05) is 55.7 Å². The van der Waals surface area contributed by atoms with Crippen molar-refractivity contribution in [2.24, 2.45) is 0 Å². The maximum atomic E-state index is 8.99. The van der Waals surface area contributed by atoms with E-state index in [0.29, 0.717) is 0 Å². The van der Waals surface area contributed by atoms with Crippen LogP contribution in [0.25, 0.3) is 0 Å². The summed E-state index contributed by atoms with van der Waals surface area (Å²) in [5.74, 6) is 0. The van der Waals surface area contributed by atoms with Crippen molar-refractivity contribution in [2.75, 3.05) is 6.61 Å². The third kappa shape index (κ3) is 5.32. The number of allylic oxidation sites excluding steroid dienone is 8. The fraction of sp³-hybridized carbons (Fsp3) is 0.200. The summed E-state index contributed by atoms with van der Waals surface area (Å²) in [4.78, 5) is 0. The normalized spacial score (nSPS) is 13.7. The van der Waals surface area contributed by atoms with Gasteiger partial charge in [0.25, 0.3) is 0 Å². The van der Waals surface area contributed by atoms with Gasteiger partial charge in [0.1, 0.15) is 0 Å². The van der Waals surface area contributed by atoms with Crippen LogP contribution in [0.1, 0.15) is 13.8 Å². The highest BCUT2D eigenvalue weighted by molar-refractivity contribution is 5.46. The minimum atomic E-state index is 0.0496. The second-order valence-corrected chi connectivity index (χ2v) is 3.22. The van der Waals surface area contributed by atoms with Crippen LogP contribution in [0.4, 0.5) is 0 Å². The molecule has 0 rings (SSSR count). The molecule has 1 heteroatoms. The monoisotopic (exact) mass is 216 g/mol. The van der Waals surface area contributed by atoms with Gasteiger partial charge in [0.2, 0.25) is 0 Å². The standard InChI is InChI=1S/C15H20O/c1-5-8-9-15(7-3)13(4)10-11-14(6-2)12-16/h5-11,16H,1,4,12H2,2-3H3/b9-8-,11-10-,14-6+,15-7+. The molecule has 0 unspecified atom stereocenters. The lowest BCUT2D eigenvalue weighted by Crippen LogP contribution is -1.86. The molecule has 0 aromatic rings. The highest BCUT2D eigenvalue weighted by Crippen LogP contribution is 2.12. The molecule has 0 radical (unpaired) electrons. The summed E-state index contributed by atoms with van der Waals surface area (Å²) in [5.41, 5.74) is 2.84. The van der Waals surface area contributed by atoms with Gasteiger partial charge in [-0.15, -0.1) is 0 Å². The van der Waals surface area contributed by atoms with E-state index in [9.17, 15) is 0 Å². The lowest BCUT2D eigenvalue weighted by Gasteiger charge is -2.01. The number of hydrogen-bond acceptors (Lipinski definition) is 1. The third-order valence-corrected chi connectivity index (χ3v) is 2.15. The Bertz CT molecular complexity index is 352. The molecule has 0 heterocycles. The SMILES string of the molecule is C=C/C=C\C(=C/C)C(=C)/C=C\C(=C/C)CO. The van der Waals surface area contributed by atoms with Crippen LogP contribution < -0.4 is 0 Å². The molecule has 0 atom stereocenters. The summed E-state index contributed by atoms with van der Waals surface area (Å²) in [7, 11) is 0. The summed E-state index contributed by atoms with van der Waals surface area (Å²) >= 11 is 0. The van der Waals surface area contributed by atoms with Gasteiger partial charge in [-0.05, 0) is 30.6 Å². The maximum absolute atomic E-state index is 8.99. The van der Waals surface area contributed by atoms with Crippen LogP contribution in [0.3, 0.4) is 0 Å². The molecule has 0 amide bonds. The Morgan fingerprint density at radius 3 is 2.25 bits per heavy atom. The van der Waals surface area contributed by atoms with Crippen LogP contribution in [0.15, 0.2) is 72.4 Å². The van der Waals surface area contributed by atoms with E-state index >= 15 is 0 Å². The molecule has 0 aliphatic rings. The van der Waals surface area contributed by atoms with Crippen molar-refractivity contribution in [2.45, 2.75) is 13.8 Å². The largest absolute Gasteiger partial charge is 0.392 e. The van der Waals surface area contributed by atoms with Crippen molar-refractivity contribution < 1.29 is 5.11 Å². The fourth-order valence-corrected chi connectivity index (χ4v) is 1.10. The van der Waals surface area contributed by atoms with E-state index in [4.69, 9.17) is 5.11 Å². The molecule has 1 N–H and O–H groups in total. The first-order valence-corrected chi connectivity index (χ1v) is 5.28. The van der Waals surface area contributed by atoms with Crippen molar-refractivity contribution in [1.29, 1.82) is 0 Å². The molecule has 0 aliphatic heterocycles. The second-order valence-electron chi connectivity index (χ2n) is 3.22. The van der Waals surface area contributed by atoms with Gasteiger partial charge >= 0.3 is 0 Å². The van der Waals surface area contributed by atoms with Crippen molar-refractivity contribution in [1.82, 2.24) is 0 Å². The third-order valence-electron chi connectivity index (χ3n) is 2.15. The number of rotatable bonds is 6. The zero-order valence-corrected chi connectivity index (χ0v) is 10.1. The van der Waals surface area contributed by atoms with Gasteiger partial charge in [-0.3, -0.25) is 0 Å². The zero-order valence-electron chi connectivity index (χ0n) is 10.1. The van der Waals surface area contributed by atoms with E-state index in [0.717, 1.165) is 16.7 Å². The summed E-state index contributed by atoms with van der Waals surface area (Å²) < 4.78 is 0. The Morgan fingerprint density at radius 1 is 1.12 bits per heavy atom. The molecule has 0 saturated carbocycles. The molecule has 0 aromatic carbocycles. The predicted molar refractivity (Wildman–Crippen MR) is 72.2 cm³/mol. The first-order valence-electron chi connectivity index (χ1n) is 5.28. The van der Waals surface area contributed by atoms with Gasteiger partial charge in [-0.25, -0.2) is 0 Å².